The molecule has 100 valence electrons. The molecule has 0 radical (unpaired) electrons. The van der Waals surface area contributed by atoms with Crippen LogP contribution in [0.1, 0.15) is 27.2 Å². The van der Waals surface area contributed by atoms with Gasteiger partial charge < -0.3 is 19.5 Å². The molecule has 0 unspecified atom stereocenters. The lowest BCUT2D eigenvalue weighted by molar-refractivity contribution is -0.138. The Balaban J connectivity index is 3.68. The summed E-state index contributed by atoms with van der Waals surface area (Å²) < 4.78 is 10.2. The zero-order valence-corrected chi connectivity index (χ0v) is 10.9. The third kappa shape index (κ3) is 9.62. The molecular formula is C11H21NO5. The maximum Gasteiger partial charge on any atom is 0.410 e. The summed E-state index contributed by atoms with van der Waals surface area (Å²) in [6, 6.07) is 0. The minimum atomic E-state index is -0.898. The quantitative estimate of drug-likeness (QED) is 0.717. The van der Waals surface area contributed by atoms with Crippen molar-refractivity contribution in [2.75, 3.05) is 26.8 Å². The second-order valence-corrected chi connectivity index (χ2v) is 4.66. The van der Waals surface area contributed by atoms with Crippen LogP contribution in [0, 0.1) is 0 Å². The molecule has 0 atom stereocenters. The second kappa shape index (κ2) is 7.11. The number of carbonyl (C=O) groups excluding carboxylic acids is 1. The molecule has 0 saturated heterocycles. The number of nitrogens with zero attached hydrogens (tertiary/aromatic N) is 1. The molecule has 1 N–H and O–H groups in total. The van der Waals surface area contributed by atoms with Gasteiger partial charge in [-0.25, -0.2) is 4.79 Å². The van der Waals surface area contributed by atoms with Crippen molar-refractivity contribution in [3.8, 4) is 0 Å². The smallest absolute Gasteiger partial charge is 0.410 e. The molecule has 0 aromatic rings. The van der Waals surface area contributed by atoms with E-state index in [1.165, 1.54) is 4.90 Å². The fourth-order valence-corrected chi connectivity index (χ4v) is 0.894. The Morgan fingerprint density at radius 1 is 1.24 bits per heavy atom. The highest BCUT2D eigenvalue weighted by Crippen LogP contribution is 2.08. The third-order valence-corrected chi connectivity index (χ3v) is 1.74. The Labute approximate surface area is 101 Å². The van der Waals surface area contributed by atoms with Gasteiger partial charge in [0.15, 0.2) is 0 Å². The number of likely N-dealkylation sites (N-methyl/N-ethyl adjacent to an activating group) is 1. The van der Waals surface area contributed by atoms with Gasteiger partial charge in [0.05, 0.1) is 19.6 Å². The maximum absolute atomic E-state index is 11.5. The minimum Gasteiger partial charge on any atom is -0.481 e. The van der Waals surface area contributed by atoms with Crippen LogP contribution in [0.2, 0.25) is 0 Å². The van der Waals surface area contributed by atoms with Gasteiger partial charge in [0, 0.05) is 13.6 Å². The Morgan fingerprint density at radius 3 is 2.29 bits per heavy atom. The Morgan fingerprint density at radius 2 is 1.82 bits per heavy atom. The summed E-state index contributed by atoms with van der Waals surface area (Å²) in [4.78, 5) is 23.1. The zero-order chi connectivity index (χ0) is 13.5. The fourth-order valence-electron chi connectivity index (χ4n) is 0.894. The minimum absolute atomic E-state index is 0.0316. The van der Waals surface area contributed by atoms with Crippen LogP contribution in [0.5, 0.6) is 0 Å². The summed E-state index contributed by atoms with van der Waals surface area (Å²) in [6.07, 6.45) is -0.449. The number of ether oxygens (including phenoxy) is 2. The molecule has 0 aliphatic heterocycles. The van der Waals surface area contributed by atoms with Crippen LogP contribution < -0.4 is 0 Å². The Bertz CT molecular complexity index is 259. The fraction of sp³-hybridized carbons (Fsp3) is 0.818. The lowest BCUT2D eigenvalue weighted by Crippen LogP contribution is -2.36. The average Bonchev–Trinajstić information content (AvgIpc) is 2.13. The van der Waals surface area contributed by atoms with Crippen molar-refractivity contribution in [2.45, 2.75) is 32.8 Å². The van der Waals surface area contributed by atoms with Crippen molar-refractivity contribution in [3.63, 3.8) is 0 Å². The number of hydrogen-bond donors (Lipinski definition) is 1. The van der Waals surface area contributed by atoms with Crippen molar-refractivity contribution in [1.29, 1.82) is 0 Å². The second-order valence-electron chi connectivity index (χ2n) is 4.66. The molecule has 0 aromatic carbocycles. The van der Waals surface area contributed by atoms with E-state index in [0.29, 0.717) is 13.2 Å². The van der Waals surface area contributed by atoms with Crippen molar-refractivity contribution in [3.05, 3.63) is 0 Å². The monoisotopic (exact) mass is 247 g/mol. The van der Waals surface area contributed by atoms with Crippen LogP contribution in [-0.4, -0.2) is 54.5 Å². The van der Waals surface area contributed by atoms with Crippen LogP contribution in [0.15, 0.2) is 0 Å². The van der Waals surface area contributed by atoms with E-state index < -0.39 is 17.7 Å². The lowest BCUT2D eigenvalue weighted by Gasteiger charge is -2.24. The number of aliphatic carboxylic acids is 1. The van der Waals surface area contributed by atoms with Gasteiger partial charge in [0.2, 0.25) is 0 Å². The first-order chi connectivity index (χ1) is 7.72. The highest BCUT2D eigenvalue weighted by molar-refractivity contribution is 5.67. The highest BCUT2D eigenvalue weighted by Gasteiger charge is 2.19. The Kier molecular flexibility index (Phi) is 6.57. The van der Waals surface area contributed by atoms with Crippen molar-refractivity contribution < 1.29 is 24.2 Å². The molecule has 0 rings (SSSR count). The number of rotatable bonds is 6. The zero-order valence-electron chi connectivity index (χ0n) is 10.9. The average molecular weight is 247 g/mol. The maximum atomic E-state index is 11.5. The predicted molar refractivity (Wildman–Crippen MR) is 61.9 cm³/mol. The van der Waals surface area contributed by atoms with Crippen LogP contribution in [0.25, 0.3) is 0 Å². The summed E-state index contributed by atoms with van der Waals surface area (Å²) in [7, 11) is 1.61. The van der Waals surface area contributed by atoms with Crippen molar-refractivity contribution in [2.24, 2.45) is 0 Å². The van der Waals surface area contributed by atoms with E-state index in [-0.39, 0.29) is 13.0 Å². The van der Waals surface area contributed by atoms with E-state index in [1.54, 1.807) is 27.8 Å². The van der Waals surface area contributed by atoms with E-state index in [1.807, 2.05) is 0 Å². The van der Waals surface area contributed by atoms with Gasteiger partial charge >= 0.3 is 12.1 Å². The molecule has 1 amide bonds. The predicted octanol–water partition coefficient (Wildman–Crippen LogP) is 1.34. The molecule has 6 nitrogen and oxygen atoms in total. The summed E-state index contributed by atoms with van der Waals surface area (Å²) in [5, 5.41) is 8.37. The third-order valence-electron chi connectivity index (χ3n) is 1.74. The van der Waals surface area contributed by atoms with Crippen molar-refractivity contribution >= 4 is 12.1 Å². The molecule has 0 fully saturated rings. The molecule has 0 aromatic heterocycles. The topological polar surface area (TPSA) is 76.1 Å². The first-order valence-electron chi connectivity index (χ1n) is 5.46. The standard InChI is InChI=1S/C11H21NO5/c1-11(2,3)17-10(15)12(4)6-8-16-7-5-9(13)14/h5-8H2,1-4H3,(H,13,14). The summed E-state index contributed by atoms with van der Waals surface area (Å²) in [6.45, 7) is 6.20. The van der Waals surface area contributed by atoms with Crippen molar-refractivity contribution in [1.82, 2.24) is 4.90 Å². The summed E-state index contributed by atoms with van der Waals surface area (Å²) >= 11 is 0. The van der Waals surface area contributed by atoms with E-state index >= 15 is 0 Å². The summed E-state index contributed by atoms with van der Waals surface area (Å²) in [5.41, 5.74) is -0.518. The molecule has 0 heterocycles. The van der Waals surface area contributed by atoms with Gasteiger partial charge in [-0.2, -0.15) is 0 Å². The van der Waals surface area contributed by atoms with Gasteiger partial charge in [-0.1, -0.05) is 0 Å². The van der Waals surface area contributed by atoms with Crippen LogP contribution in [-0.2, 0) is 14.3 Å². The number of hydrogen-bond acceptors (Lipinski definition) is 4. The van der Waals surface area contributed by atoms with Gasteiger partial charge in [0.25, 0.3) is 0 Å². The highest BCUT2D eigenvalue weighted by atomic mass is 16.6. The molecule has 0 bridgehead atoms. The van der Waals surface area contributed by atoms with Gasteiger partial charge in [0.1, 0.15) is 5.60 Å². The Hall–Kier alpha value is -1.30. The van der Waals surface area contributed by atoms with Crippen LogP contribution in [0.4, 0.5) is 4.79 Å². The van der Waals surface area contributed by atoms with Gasteiger partial charge in [-0.15, -0.1) is 0 Å². The first kappa shape index (κ1) is 15.7. The number of amides is 1. The van der Waals surface area contributed by atoms with E-state index in [0.717, 1.165) is 0 Å². The first-order valence-corrected chi connectivity index (χ1v) is 5.46. The van der Waals surface area contributed by atoms with E-state index in [9.17, 15) is 9.59 Å². The summed E-state index contributed by atoms with van der Waals surface area (Å²) in [5.74, 6) is -0.898. The lowest BCUT2D eigenvalue weighted by atomic mass is 10.2. The molecule has 0 aliphatic rings. The molecule has 0 aliphatic carbocycles. The molecule has 0 spiro atoms. The SMILES string of the molecule is CN(CCOCCC(=O)O)C(=O)OC(C)(C)C. The van der Waals surface area contributed by atoms with E-state index in [4.69, 9.17) is 14.6 Å². The van der Waals surface area contributed by atoms with Gasteiger partial charge in [-0.05, 0) is 20.8 Å². The molecule has 0 saturated carbocycles. The number of carboxylic acid groups (broad SMARTS) is 1. The normalized spacial score (nSPS) is 11.1. The molecule has 6 heteroatoms. The molecular weight excluding hydrogens is 226 g/mol. The van der Waals surface area contributed by atoms with Crippen LogP contribution >= 0.6 is 0 Å². The number of carbonyl (C=O) groups is 2. The largest absolute Gasteiger partial charge is 0.481 e. The van der Waals surface area contributed by atoms with E-state index in [2.05, 4.69) is 0 Å². The van der Waals surface area contributed by atoms with Gasteiger partial charge in [-0.3, -0.25) is 4.79 Å². The van der Waals surface area contributed by atoms with Crippen LogP contribution in [0.3, 0.4) is 0 Å². The number of carboxylic acids is 1. The molecule has 17 heavy (non-hydrogen) atoms.